The van der Waals surface area contributed by atoms with Crippen LogP contribution in [0.15, 0.2) is 6.20 Å². The lowest BCUT2D eigenvalue weighted by Gasteiger charge is -2.29. The summed E-state index contributed by atoms with van der Waals surface area (Å²) in [5, 5.41) is 3.10. The average molecular weight is 218 g/mol. The highest BCUT2D eigenvalue weighted by Crippen LogP contribution is 2.43. The minimum absolute atomic E-state index is 0.212. The zero-order valence-electron chi connectivity index (χ0n) is 9.92. The molecule has 3 heteroatoms. The summed E-state index contributed by atoms with van der Waals surface area (Å²) in [5.74, 6) is 1.51. The predicted molar refractivity (Wildman–Crippen MR) is 63.6 cm³/mol. The summed E-state index contributed by atoms with van der Waals surface area (Å²) >= 11 is 0. The van der Waals surface area contributed by atoms with E-state index in [2.05, 4.69) is 29.9 Å². The third-order valence-electron chi connectivity index (χ3n) is 4.12. The molecule has 1 aromatic rings. The summed E-state index contributed by atoms with van der Waals surface area (Å²) in [6, 6.07) is 0.419. The van der Waals surface area contributed by atoms with Crippen molar-refractivity contribution in [3.05, 3.63) is 17.3 Å². The second-order valence-electron chi connectivity index (χ2n) is 4.99. The summed E-state index contributed by atoms with van der Waals surface area (Å²) in [7, 11) is 0. The van der Waals surface area contributed by atoms with E-state index in [9.17, 15) is 4.79 Å². The van der Waals surface area contributed by atoms with Crippen LogP contribution in [0.3, 0.4) is 0 Å². The fourth-order valence-electron chi connectivity index (χ4n) is 3.33. The van der Waals surface area contributed by atoms with Gasteiger partial charge in [-0.05, 0) is 37.3 Å². The Morgan fingerprint density at radius 3 is 3.06 bits per heavy atom. The van der Waals surface area contributed by atoms with Gasteiger partial charge in [0, 0.05) is 12.2 Å². The van der Waals surface area contributed by atoms with E-state index in [0.29, 0.717) is 6.04 Å². The van der Waals surface area contributed by atoms with Gasteiger partial charge in [-0.2, -0.15) is 0 Å². The standard InChI is InChI=1S/C13H18N2O/c1-3-9-8(2)7-15-11-6-4-5-10(11)13(16)14-12(9)15/h7,10-11H,3-6H2,1-2H3,(H,14,16). The summed E-state index contributed by atoms with van der Waals surface area (Å²) < 4.78 is 2.31. The van der Waals surface area contributed by atoms with Gasteiger partial charge in [0.15, 0.2) is 0 Å². The molecule has 1 aliphatic heterocycles. The van der Waals surface area contributed by atoms with E-state index in [-0.39, 0.29) is 11.8 Å². The molecular formula is C13H18N2O. The normalized spacial score (nSPS) is 27.5. The predicted octanol–water partition coefficient (Wildman–Crippen LogP) is 2.65. The first-order chi connectivity index (χ1) is 7.72. The molecule has 3 rings (SSSR count). The van der Waals surface area contributed by atoms with Crippen molar-refractivity contribution in [2.24, 2.45) is 5.92 Å². The maximum absolute atomic E-state index is 12.0. The highest BCUT2D eigenvalue weighted by molar-refractivity contribution is 5.95. The molecule has 3 nitrogen and oxygen atoms in total. The highest BCUT2D eigenvalue weighted by atomic mass is 16.2. The van der Waals surface area contributed by atoms with Crippen molar-refractivity contribution in [2.75, 3.05) is 5.32 Å². The van der Waals surface area contributed by atoms with Crippen LogP contribution in [-0.2, 0) is 11.2 Å². The molecule has 0 saturated heterocycles. The minimum atomic E-state index is 0.212. The molecule has 0 spiro atoms. The number of nitrogens with one attached hydrogen (secondary N) is 1. The maximum atomic E-state index is 12.0. The average Bonchev–Trinajstić information content (AvgIpc) is 2.82. The molecule has 2 aliphatic rings. The fourth-order valence-corrected chi connectivity index (χ4v) is 3.33. The van der Waals surface area contributed by atoms with Gasteiger partial charge in [-0.25, -0.2) is 0 Å². The van der Waals surface area contributed by atoms with Gasteiger partial charge in [0.2, 0.25) is 5.91 Å². The van der Waals surface area contributed by atoms with Crippen molar-refractivity contribution in [1.29, 1.82) is 0 Å². The van der Waals surface area contributed by atoms with Crippen molar-refractivity contribution >= 4 is 11.7 Å². The first kappa shape index (κ1) is 9.94. The van der Waals surface area contributed by atoms with Crippen molar-refractivity contribution in [2.45, 2.75) is 45.6 Å². The smallest absolute Gasteiger partial charge is 0.230 e. The number of rotatable bonds is 1. The van der Waals surface area contributed by atoms with E-state index in [1.54, 1.807) is 0 Å². The largest absolute Gasteiger partial charge is 0.330 e. The Hall–Kier alpha value is -1.25. The third kappa shape index (κ3) is 1.17. The molecule has 1 aliphatic carbocycles. The molecule has 1 N–H and O–H groups in total. The molecule has 0 radical (unpaired) electrons. The molecule has 2 atom stereocenters. The molecule has 86 valence electrons. The van der Waals surface area contributed by atoms with Crippen LogP contribution in [0.4, 0.5) is 5.82 Å². The highest BCUT2D eigenvalue weighted by Gasteiger charge is 2.39. The lowest BCUT2D eigenvalue weighted by molar-refractivity contribution is -0.121. The Bertz CT molecular complexity index is 447. The summed E-state index contributed by atoms with van der Waals surface area (Å²) in [4.78, 5) is 12.0. The first-order valence-corrected chi connectivity index (χ1v) is 6.23. The van der Waals surface area contributed by atoms with Crippen molar-refractivity contribution in [3.8, 4) is 0 Å². The van der Waals surface area contributed by atoms with E-state index in [1.807, 2.05) is 0 Å². The number of aryl methyl sites for hydroxylation is 1. The quantitative estimate of drug-likeness (QED) is 0.772. The number of fused-ring (bicyclic) bond motifs is 3. The van der Waals surface area contributed by atoms with Crippen molar-refractivity contribution in [3.63, 3.8) is 0 Å². The van der Waals surface area contributed by atoms with Crippen LogP contribution in [0, 0.1) is 12.8 Å². The number of anilines is 1. The van der Waals surface area contributed by atoms with Crippen LogP contribution >= 0.6 is 0 Å². The molecule has 2 heterocycles. The van der Waals surface area contributed by atoms with Gasteiger partial charge in [0.25, 0.3) is 0 Å². The summed E-state index contributed by atoms with van der Waals surface area (Å²) in [6.07, 6.45) is 6.60. The zero-order chi connectivity index (χ0) is 11.3. The van der Waals surface area contributed by atoms with E-state index in [1.165, 1.54) is 17.5 Å². The Morgan fingerprint density at radius 2 is 2.31 bits per heavy atom. The number of amides is 1. The lowest BCUT2D eigenvalue weighted by Crippen LogP contribution is -2.34. The van der Waals surface area contributed by atoms with Gasteiger partial charge in [0.1, 0.15) is 5.82 Å². The Morgan fingerprint density at radius 1 is 1.50 bits per heavy atom. The van der Waals surface area contributed by atoms with Crippen molar-refractivity contribution < 1.29 is 4.79 Å². The maximum Gasteiger partial charge on any atom is 0.230 e. The molecule has 0 bridgehead atoms. The van der Waals surface area contributed by atoms with Crippen LogP contribution in [-0.4, -0.2) is 10.5 Å². The fraction of sp³-hybridized carbons (Fsp3) is 0.615. The van der Waals surface area contributed by atoms with Crippen molar-refractivity contribution in [1.82, 2.24) is 4.57 Å². The molecule has 0 aromatic carbocycles. The molecular weight excluding hydrogens is 200 g/mol. The van der Waals surface area contributed by atoms with E-state index >= 15 is 0 Å². The SMILES string of the molecule is CCc1c(C)cn2c1NC(=O)C1CCCC12. The number of hydrogen-bond donors (Lipinski definition) is 1. The van der Waals surface area contributed by atoms with Crippen LogP contribution in [0.25, 0.3) is 0 Å². The summed E-state index contributed by atoms with van der Waals surface area (Å²) in [5.41, 5.74) is 2.61. The van der Waals surface area contributed by atoms with Crippen LogP contribution in [0.2, 0.25) is 0 Å². The zero-order valence-corrected chi connectivity index (χ0v) is 9.92. The Balaban J connectivity index is 2.13. The molecule has 1 aromatic heterocycles. The van der Waals surface area contributed by atoms with Gasteiger partial charge in [-0.1, -0.05) is 13.3 Å². The number of carbonyl (C=O) groups is 1. The van der Waals surface area contributed by atoms with Gasteiger partial charge in [-0.15, -0.1) is 0 Å². The Labute approximate surface area is 95.8 Å². The lowest BCUT2D eigenvalue weighted by atomic mass is 10.00. The number of aromatic nitrogens is 1. The van der Waals surface area contributed by atoms with Gasteiger partial charge in [-0.3, -0.25) is 4.79 Å². The third-order valence-corrected chi connectivity index (χ3v) is 4.12. The van der Waals surface area contributed by atoms with Gasteiger partial charge in [0.05, 0.1) is 5.92 Å². The molecule has 16 heavy (non-hydrogen) atoms. The van der Waals surface area contributed by atoms with Crippen LogP contribution in [0.1, 0.15) is 43.4 Å². The monoisotopic (exact) mass is 218 g/mol. The number of carbonyl (C=O) groups excluding carboxylic acids is 1. The summed E-state index contributed by atoms with van der Waals surface area (Å²) in [6.45, 7) is 4.29. The van der Waals surface area contributed by atoms with Crippen LogP contribution < -0.4 is 5.32 Å². The number of nitrogens with zero attached hydrogens (tertiary/aromatic N) is 1. The molecule has 2 unspecified atom stereocenters. The van der Waals surface area contributed by atoms with Gasteiger partial charge < -0.3 is 9.88 Å². The Kier molecular flexibility index (Phi) is 2.09. The van der Waals surface area contributed by atoms with E-state index in [0.717, 1.165) is 25.1 Å². The van der Waals surface area contributed by atoms with E-state index < -0.39 is 0 Å². The molecule has 1 amide bonds. The van der Waals surface area contributed by atoms with Crippen LogP contribution in [0.5, 0.6) is 0 Å². The first-order valence-electron chi connectivity index (χ1n) is 6.23. The molecule has 1 saturated carbocycles. The minimum Gasteiger partial charge on any atom is -0.330 e. The second kappa shape index (κ2) is 3.37. The van der Waals surface area contributed by atoms with E-state index in [4.69, 9.17) is 0 Å². The number of hydrogen-bond acceptors (Lipinski definition) is 1. The topological polar surface area (TPSA) is 34.0 Å². The van der Waals surface area contributed by atoms with Gasteiger partial charge >= 0.3 is 0 Å². The molecule has 1 fully saturated rings. The second-order valence-corrected chi connectivity index (χ2v) is 4.99.